The van der Waals surface area contributed by atoms with Crippen molar-refractivity contribution in [2.24, 2.45) is 0 Å². The average molecular weight is 233 g/mol. The van der Waals surface area contributed by atoms with Crippen molar-refractivity contribution in [1.82, 2.24) is 5.32 Å². The van der Waals surface area contributed by atoms with Crippen LogP contribution in [0.1, 0.15) is 30.9 Å². The van der Waals surface area contributed by atoms with Crippen LogP contribution < -0.4 is 5.32 Å². The molecule has 0 saturated heterocycles. The van der Waals surface area contributed by atoms with Gasteiger partial charge in [0.25, 0.3) is 0 Å². The number of hydrogen-bond acceptors (Lipinski definition) is 2. The summed E-state index contributed by atoms with van der Waals surface area (Å²) in [4.78, 5) is 10.8. The largest absolute Gasteiger partial charge is 0.481 e. The smallest absolute Gasteiger partial charge is 0.310 e. The van der Waals surface area contributed by atoms with Crippen LogP contribution in [0.5, 0.6) is 0 Å². The maximum atomic E-state index is 10.8. The van der Waals surface area contributed by atoms with Gasteiger partial charge in [-0.25, -0.2) is 0 Å². The molecule has 0 aromatic heterocycles. The number of carboxylic acid groups (broad SMARTS) is 1. The minimum atomic E-state index is -0.795. The number of rotatable bonds is 6. The van der Waals surface area contributed by atoms with Gasteiger partial charge in [0.15, 0.2) is 0 Å². The molecule has 0 aliphatic heterocycles. The Labute approximate surface area is 102 Å². The topological polar surface area (TPSA) is 49.3 Å². The molecule has 0 heterocycles. The summed E-state index contributed by atoms with van der Waals surface area (Å²) in [5, 5.41) is 12.2. The van der Waals surface area contributed by atoms with Crippen LogP contribution >= 0.6 is 0 Å². The summed E-state index contributed by atoms with van der Waals surface area (Å²) in [7, 11) is 0. The third-order valence-electron chi connectivity index (χ3n) is 2.83. The van der Waals surface area contributed by atoms with Crippen LogP contribution in [0.3, 0.4) is 0 Å². The molecule has 0 fully saturated rings. The van der Waals surface area contributed by atoms with Crippen LogP contribution in [0.15, 0.2) is 36.9 Å². The van der Waals surface area contributed by atoms with Crippen LogP contribution in [0.25, 0.3) is 0 Å². The van der Waals surface area contributed by atoms with E-state index in [2.05, 4.69) is 11.9 Å². The van der Waals surface area contributed by atoms with Gasteiger partial charge >= 0.3 is 5.97 Å². The highest BCUT2D eigenvalue weighted by Gasteiger charge is 2.12. The average Bonchev–Trinajstić information content (AvgIpc) is 2.35. The molecule has 2 unspecified atom stereocenters. The Morgan fingerprint density at radius 2 is 2.00 bits per heavy atom. The Hall–Kier alpha value is -1.61. The van der Waals surface area contributed by atoms with Gasteiger partial charge in [0.05, 0.1) is 5.92 Å². The molecule has 0 bridgehead atoms. The van der Waals surface area contributed by atoms with Crippen LogP contribution in [-0.2, 0) is 11.3 Å². The summed E-state index contributed by atoms with van der Waals surface area (Å²) in [6.45, 7) is 8.19. The highest BCUT2D eigenvalue weighted by atomic mass is 16.4. The fourth-order valence-electron chi connectivity index (χ4n) is 1.43. The molecule has 17 heavy (non-hydrogen) atoms. The molecule has 0 amide bonds. The lowest BCUT2D eigenvalue weighted by molar-refractivity contribution is -0.138. The first-order valence-corrected chi connectivity index (χ1v) is 5.72. The summed E-state index contributed by atoms with van der Waals surface area (Å²) in [6, 6.07) is 7.92. The summed E-state index contributed by atoms with van der Waals surface area (Å²) < 4.78 is 0. The minimum Gasteiger partial charge on any atom is -0.481 e. The van der Waals surface area contributed by atoms with Crippen molar-refractivity contribution in [2.45, 2.75) is 32.4 Å². The van der Waals surface area contributed by atoms with Crippen molar-refractivity contribution in [3.8, 4) is 0 Å². The van der Waals surface area contributed by atoms with E-state index in [9.17, 15) is 4.79 Å². The Morgan fingerprint density at radius 1 is 1.41 bits per heavy atom. The molecule has 1 aromatic carbocycles. The van der Waals surface area contributed by atoms with Crippen molar-refractivity contribution in [1.29, 1.82) is 0 Å². The summed E-state index contributed by atoms with van der Waals surface area (Å²) in [5.74, 6) is -1.25. The van der Waals surface area contributed by atoms with Gasteiger partial charge in [-0.2, -0.15) is 0 Å². The van der Waals surface area contributed by atoms with Crippen molar-refractivity contribution in [3.05, 3.63) is 48.0 Å². The number of carbonyl (C=O) groups is 1. The van der Waals surface area contributed by atoms with Gasteiger partial charge in [-0.1, -0.05) is 30.3 Å². The second-order valence-corrected chi connectivity index (χ2v) is 4.21. The van der Waals surface area contributed by atoms with Crippen LogP contribution in [0, 0.1) is 0 Å². The number of hydrogen-bond donors (Lipinski definition) is 2. The van der Waals surface area contributed by atoms with E-state index in [0.717, 1.165) is 17.7 Å². The van der Waals surface area contributed by atoms with Gasteiger partial charge in [-0.3, -0.25) is 4.79 Å². The predicted octanol–water partition coefficient (Wildman–Crippen LogP) is 2.54. The summed E-state index contributed by atoms with van der Waals surface area (Å²) in [5.41, 5.74) is 1.97. The SMILES string of the molecule is C=CC(C)NCc1ccc(C(C)C(=O)O)cc1. The van der Waals surface area contributed by atoms with Gasteiger partial charge in [0, 0.05) is 12.6 Å². The first-order valence-electron chi connectivity index (χ1n) is 5.72. The maximum Gasteiger partial charge on any atom is 0.310 e. The lowest BCUT2D eigenvalue weighted by Crippen LogP contribution is -2.22. The Balaban J connectivity index is 2.62. The molecule has 0 radical (unpaired) electrons. The Bertz CT molecular complexity index is 384. The zero-order chi connectivity index (χ0) is 12.8. The summed E-state index contributed by atoms with van der Waals surface area (Å²) >= 11 is 0. The molecule has 0 aliphatic rings. The standard InChI is InChI=1S/C14H19NO2/c1-4-10(2)15-9-12-5-7-13(8-6-12)11(3)14(16)17/h4-8,10-11,15H,1,9H2,2-3H3,(H,16,17). The molecule has 2 N–H and O–H groups in total. The number of aliphatic carboxylic acids is 1. The lowest BCUT2D eigenvalue weighted by atomic mass is 10.00. The van der Waals surface area contributed by atoms with Gasteiger partial charge in [-0.15, -0.1) is 6.58 Å². The van der Waals surface area contributed by atoms with Crippen LogP contribution in [0.2, 0.25) is 0 Å². The first-order chi connectivity index (χ1) is 8.04. The van der Waals surface area contributed by atoms with E-state index in [1.165, 1.54) is 0 Å². The van der Waals surface area contributed by atoms with E-state index in [0.29, 0.717) is 0 Å². The van der Waals surface area contributed by atoms with E-state index < -0.39 is 11.9 Å². The van der Waals surface area contributed by atoms with Gasteiger partial charge in [0.1, 0.15) is 0 Å². The molecule has 0 saturated carbocycles. The molecule has 1 aromatic rings. The van der Waals surface area contributed by atoms with Crippen molar-refractivity contribution in [2.75, 3.05) is 0 Å². The normalized spacial score (nSPS) is 14.0. The fraction of sp³-hybridized carbons (Fsp3) is 0.357. The van der Waals surface area contributed by atoms with Crippen molar-refractivity contribution >= 4 is 5.97 Å². The minimum absolute atomic E-state index is 0.271. The third-order valence-corrected chi connectivity index (χ3v) is 2.83. The molecule has 1 rings (SSSR count). The molecule has 3 heteroatoms. The fourth-order valence-corrected chi connectivity index (χ4v) is 1.43. The van der Waals surface area contributed by atoms with Crippen molar-refractivity contribution in [3.63, 3.8) is 0 Å². The molecule has 0 spiro atoms. The lowest BCUT2D eigenvalue weighted by Gasteiger charge is -2.10. The van der Waals surface area contributed by atoms with E-state index >= 15 is 0 Å². The highest BCUT2D eigenvalue weighted by Crippen LogP contribution is 2.15. The highest BCUT2D eigenvalue weighted by molar-refractivity contribution is 5.75. The predicted molar refractivity (Wildman–Crippen MR) is 69.0 cm³/mol. The number of benzene rings is 1. The van der Waals surface area contributed by atoms with Crippen LogP contribution in [0.4, 0.5) is 0 Å². The van der Waals surface area contributed by atoms with Gasteiger partial charge in [0.2, 0.25) is 0 Å². The quantitative estimate of drug-likeness (QED) is 0.742. The van der Waals surface area contributed by atoms with Crippen LogP contribution in [-0.4, -0.2) is 17.1 Å². The van der Waals surface area contributed by atoms with E-state index in [1.54, 1.807) is 6.92 Å². The Kier molecular flexibility index (Phi) is 4.91. The second-order valence-electron chi connectivity index (χ2n) is 4.21. The molecule has 0 aliphatic carbocycles. The number of nitrogens with one attached hydrogen (secondary N) is 1. The zero-order valence-electron chi connectivity index (χ0n) is 10.3. The molecule has 2 atom stereocenters. The van der Waals surface area contributed by atoms with E-state index in [-0.39, 0.29) is 6.04 Å². The van der Waals surface area contributed by atoms with E-state index in [1.807, 2.05) is 37.3 Å². The van der Waals surface area contributed by atoms with E-state index in [4.69, 9.17) is 5.11 Å². The van der Waals surface area contributed by atoms with Crippen molar-refractivity contribution < 1.29 is 9.90 Å². The first kappa shape index (κ1) is 13.5. The monoisotopic (exact) mass is 233 g/mol. The number of carboxylic acids is 1. The maximum absolute atomic E-state index is 10.8. The third kappa shape index (κ3) is 4.04. The molecular weight excluding hydrogens is 214 g/mol. The Morgan fingerprint density at radius 3 is 2.47 bits per heavy atom. The molecular formula is C14H19NO2. The summed E-state index contributed by atoms with van der Waals surface area (Å²) in [6.07, 6.45) is 1.85. The zero-order valence-corrected chi connectivity index (χ0v) is 10.3. The molecule has 3 nitrogen and oxygen atoms in total. The molecule has 92 valence electrons. The second kappa shape index (κ2) is 6.21. The van der Waals surface area contributed by atoms with Gasteiger partial charge < -0.3 is 10.4 Å². The van der Waals surface area contributed by atoms with Gasteiger partial charge in [-0.05, 0) is 25.0 Å².